The van der Waals surface area contributed by atoms with E-state index in [0.29, 0.717) is 30.8 Å². The maximum atomic E-state index is 13.0. The highest BCUT2D eigenvalue weighted by atomic mass is 79.9. The van der Waals surface area contributed by atoms with Crippen LogP contribution in [0.5, 0.6) is 0 Å². The van der Waals surface area contributed by atoms with Crippen molar-refractivity contribution in [2.75, 3.05) is 11.9 Å². The number of fused-ring (bicyclic) bond motifs is 1. The fourth-order valence-corrected chi connectivity index (χ4v) is 5.02. The number of nitrogens with one attached hydrogen (secondary N) is 1. The van der Waals surface area contributed by atoms with E-state index in [2.05, 4.69) is 21.2 Å². The molecule has 0 saturated carbocycles. The zero-order chi connectivity index (χ0) is 20.4. The Bertz CT molecular complexity index is 1140. The Balaban J connectivity index is 1.49. The number of amides is 1. The molecule has 0 fully saturated rings. The van der Waals surface area contributed by atoms with E-state index < -0.39 is 10.0 Å². The van der Waals surface area contributed by atoms with Crippen molar-refractivity contribution >= 4 is 37.5 Å². The van der Waals surface area contributed by atoms with Crippen molar-refractivity contribution in [3.63, 3.8) is 0 Å². The molecule has 0 radical (unpaired) electrons. The normalized spacial score (nSPS) is 14.2. The van der Waals surface area contributed by atoms with Crippen molar-refractivity contribution < 1.29 is 13.2 Å². The van der Waals surface area contributed by atoms with Crippen LogP contribution < -0.4 is 5.32 Å². The summed E-state index contributed by atoms with van der Waals surface area (Å²) in [7, 11) is -3.61. The molecule has 0 atom stereocenters. The van der Waals surface area contributed by atoms with Gasteiger partial charge in [0.2, 0.25) is 10.0 Å². The molecule has 29 heavy (non-hydrogen) atoms. The number of carbonyl (C=O) groups excluding carboxylic acids is 1. The quantitative estimate of drug-likeness (QED) is 0.612. The predicted molar refractivity (Wildman–Crippen MR) is 116 cm³/mol. The summed E-state index contributed by atoms with van der Waals surface area (Å²) in [5.74, 6) is -0.289. The molecule has 5 nitrogen and oxygen atoms in total. The van der Waals surface area contributed by atoms with Crippen LogP contribution in [0.15, 0.2) is 82.2 Å². The third kappa shape index (κ3) is 4.27. The summed E-state index contributed by atoms with van der Waals surface area (Å²) in [4.78, 5) is 12.6. The molecule has 1 amide bonds. The van der Waals surface area contributed by atoms with E-state index in [0.717, 1.165) is 10.0 Å². The highest BCUT2D eigenvalue weighted by Crippen LogP contribution is 2.25. The van der Waals surface area contributed by atoms with Crippen LogP contribution >= 0.6 is 15.9 Å². The van der Waals surface area contributed by atoms with Crippen LogP contribution in [0.4, 0.5) is 5.69 Å². The average Bonchev–Trinajstić information content (AvgIpc) is 2.75. The van der Waals surface area contributed by atoms with Crippen molar-refractivity contribution in [3.05, 3.63) is 94.0 Å². The average molecular weight is 471 g/mol. The van der Waals surface area contributed by atoms with Gasteiger partial charge in [0.15, 0.2) is 0 Å². The van der Waals surface area contributed by atoms with Gasteiger partial charge in [0, 0.05) is 28.8 Å². The van der Waals surface area contributed by atoms with Gasteiger partial charge >= 0.3 is 0 Å². The molecule has 1 aliphatic heterocycles. The highest BCUT2D eigenvalue weighted by Gasteiger charge is 2.28. The minimum Gasteiger partial charge on any atom is -0.322 e. The summed E-state index contributed by atoms with van der Waals surface area (Å²) < 4.78 is 28.5. The second-order valence-electron chi connectivity index (χ2n) is 6.84. The van der Waals surface area contributed by atoms with E-state index in [1.165, 1.54) is 22.0 Å². The SMILES string of the molecule is O=C(Nc1ccc(Br)cc1)c1ccc(S(=O)(=O)N2CCc3ccccc3C2)cc1. The maximum Gasteiger partial charge on any atom is 0.255 e. The Hall–Kier alpha value is -2.48. The summed E-state index contributed by atoms with van der Waals surface area (Å²) in [6.45, 7) is 0.815. The molecule has 3 aromatic carbocycles. The number of halogens is 1. The maximum absolute atomic E-state index is 13.0. The molecule has 148 valence electrons. The fourth-order valence-electron chi connectivity index (χ4n) is 3.34. The lowest BCUT2D eigenvalue weighted by Crippen LogP contribution is -2.35. The van der Waals surface area contributed by atoms with Gasteiger partial charge in [-0.3, -0.25) is 4.79 Å². The van der Waals surface area contributed by atoms with E-state index in [1.807, 2.05) is 36.4 Å². The molecular formula is C22H19BrN2O3S. The van der Waals surface area contributed by atoms with Gasteiger partial charge in [-0.1, -0.05) is 40.2 Å². The van der Waals surface area contributed by atoms with Crippen LogP contribution in [0.1, 0.15) is 21.5 Å². The monoisotopic (exact) mass is 470 g/mol. The van der Waals surface area contributed by atoms with E-state index in [-0.39, 0.29) is 10.8 Å². The van der Waals surface area contributed by atoms with Crippen molar-refractivity contribution in [1.82, 2.24) is 4.31 Å². The Morgan fingerprint density at radius 2 is 1.55 bits per heavy atom. The van der Waals surface area contributed by atoms with Crippen molar-refractivity contribution in [1.29, 1.82) is 0 Å². The zero-order valence-corrected chi connectivity index (χ0v) is 17.9. The van der Waals surface area contributed by atoms with Gasteiger partial charge in [-0.05, 0) is 66.1 Å². The second-order valence-corrected chi connectivity index (χ2v) is 9.70. The van der Waals surface area contributed by atoms with Gasteiger partial charge < -0.3 is 5.32 Å². The number of anilines is 1. The summed E-state index contributed by atoms with van der Waals surface area (Å²) in [5.41, 5.74) is 3.30. The first-order valence-electron chi connectivity index (χ1n) is 9.17. The molecular weight excluding hydrogens is 452 g/mol. The molecule has 1 aliphatic rings. The van der Waals surface area contributed by atoms with Crippen molar-refractivity contribution in [3.8, 4) is 0 Å². The Kier molecular flexibility index (Phi) is 5.54. The van der Waals surface area contributed by atoms with Gasteiger partial charge in [-0.2, -0.15) is 4.31 Å². The van der Waals surface area contributed by atoms with Gasteiger partial charge in [-0.25, -0.2) is 8.42 Å². The number of sulfonamides is 1. The van der Waals surface area contributed by atoms with Crippen LogP contribution in [0.25, 0.3) is 0 Å². The van der Waals surface area contributed by atoms with Crippen LogP contribution in [0.2, 0.25) is 0 Å². The smallest absolute Gasteiger partial charge is 0.255 e. The standard InChI is InChI=1S/C22H19BrN2O3S/c23-19-7-9-20(10-8-19)24-22(26)17-5-11-21(12-6-17)29(27,28)25-14-13-16-3-1-2-4-18(16)15-25/h1-12H,13-15H2,(H,24,26). The molecule has 4 rings (SSSR count). The topological polar surface area (TPSA) is 66.5 Å². The van der Waals surface area contributed by atoms with Gasteiger partial charge in [0.25, 0.3) is 5.91 Å². The summed E-state index contributed by atoms with van der Waals surface area (Å²) >= 11 is 3.35. The number of nitrogens with zero attached hydrogens (tertiary/aromatic N) is 1. The first kappa shape index (κ1) is 19.8. The van der Waals surface area contributed by atoms with Crippen LogP contribution in [0.3, 0.4) is 0 Å². The number of hydrogen-bond acceptors (Lipinski definition) is 3. The van der Waals surface area contributed by atoms with Gasteiger partial charge in [-0.15, -0.1) is 0 Å². The van der Waals surface area contributed by atoms with E-state index >= 15 is 0 Å². The molecule has 0 saturated heterocycles. The first-order valence-corrected chi connectivity index (χ1v) is 11.4. The van der Waals surface area contributed by atoms with Crippen LogP contribution in [0, 0.1) is 0 Å². The van der Waals surface area contributed by atoms with Crippen LogP contribution in [-0.4, -0.2) is 25.2 Å². The third-order valence-electron chi connectivity index (χ3n) is 4.95. The van der Waals surface area contributed by atoms with Gasteiger partial charge in [0.1, 0.15) is 0 Å². The summed E-state index contributed by atoms with van der Waals surface area (Å²) in [6, 6.07) is 21.2. The molecule has 1 heterocycles. The van der Waals surface area contributed by atoms with E-state index in [9.17, 15) is 13.2 Å². The Morgan fingerprint density at radius 3 is 2.24 bits per heavy atom. The fraction of sp³-hybridized carbons (Fsp3) is 0.136. The minimum atomic E-state index is -3.61. The molecule has 7 heteroatoms. The molecule has 3 aromatic rings. The highest BCUT2D eigenvalue weighted by molar-refractivity contribution is 9.10. The Labute approximate surface area is 178 Å². The largest absolute Gasteiger partial charge is 0.322 e. The lowest BCUT2D eigenvalue weighted by molar-refractivity contribution is 0.102. The molecule has 0 bridgehead atoms. The number of carbonyl (C=O) groups is 1. The van der Waals surface area contributed by atoms with Gasteiger partial charge in [0.05, 0.1) is 4.90 Å². The molecule has 0 spiro atoms. The van der Waals surface area contributed by atoms with E-state index in [4.69, 9.17) is 0 Å². The molecule has 1 N–H and O–H groups in total. The molecule has 0 aromatic heterocycles. The van der Waals surface area contributed by atoms with Crippen LogP contribution in [-0.2, 0) is 23.0 Å². The van der Waals surface area contributed by atoms with Crippen molar-refractivity contribution in [2.45, 2.75) is 17.9 Å². The Morgan fingerprint density at radius 1 is 0.897 bits per heavy atom. The number of benzene rings is 3. The number of hydrogen-bond donors (Lipinski definition) is 1. The first-order chi connectivity index (χ1) is 13.9. The van der Waals surface area contributed by atoms with Crippen molar-refractivity contribution in [2.24, 2.45) is 0 Å². The summed E-state index contributed by atoms with van der Waals surface area (Å²) in [6.07, 6.45) is 0.698. The lowest BCUT2D eigenvalue weighted by Gasteiger charge is -2.28. The van der Waals surface area contributed by atoms with E-state index in [1.54, 1.807) is 24.3 Å². The molecule has 0 aliphatic carbocycles. The lowest BCUT2D eigenvalue weighted by atomic mass is 10.0. The second kappa shape index (κ2) is 8.10. The number of rotatable bonds is 4. The molecule has 0 unspecified atom stereocenters. The third-order valence-corrected chi connectivity index (χ3v) is 7.34. The predicted octanol–water partition coefficient (Wildman–Crippen LogP) is 4.45. The summed E-state index contributed by atoms with van der Waals surface area (Å²) in [5, 5.41) is 2.80. The zero-order valence-electron chi connectivity index (χ0n) is 15.5. The minimum absolute atomic E-state index is 0.192.